The van der Waals surface area contributed by atoms with Crippen molar-refractivity contribution >= 4 is 0 Å². The van der Waals surface area contributed by atoms with Gasteiger partial charge in [-0.3, -0.25) is 0 Å². The van der Waals surface area contributed by atoms with Gasteiger partial charge < -0.3 is 5.11 Å². The van der Waals surface area contributed by atoms with Crippen molar-refractivity contribution < 1.29 is 5.11 Å². The molecule has 0 rings (SSSR count). The summed E-state index contributed by atoms with van der Waals surface area (Å²) < 4.78 is 0. The quantitative estimate of drug-likeness (QED) is 0.491. The number of hydrogen-bond acceptors (Lipinski definition) is 2. The molecule has 2 nitrogen and oxygen atoms in total. The molecule has 0 bridgehead atoms. The second-order valence-electron chi connectivity index (χ2n) is 1.75. The van der Waals surface area contributed by atoms with Gasteiger partial charge in [0.15, 0.2) is 0 Å². The van der Waals surface area contributed by atoms with Crippen LogP contribution in [0.5, 0.6) is 0 Å². The fourth-order valence-electron chi connectivity index (χ4n) is 0.205. The maximum absolute atomic E-state index is 8.86. The van der Waals surface area contributed by atoms with E-state index in [9.17, 15) is 0 Å². The Balaban J connectivity index is 3.82. The maximum Gasteiger partial charge on any atom is 0.135 e. The normalized spacial score (nSPS) is 15.5. The Bertz CT molecular complexity index is 147. The van der Waals surface area contributed by atoms with Crippen molar-refractivity contribution in [2.75, 3.05) is 0 Å². The number of aliphatic hydroxyl groups is 1. The van der Waals surface area contributed by atoms with E-state index in [4.69, 9.17) is 16.8 Å². The molecule has 2 heteroatoms. The molecule has 8 heavy (non-hydrogen) atoms. The van der Waals surface area contributed by atoms with E-state index in [2.05, 4.69) is 5.92 Å². The van der Waals surface area contributed by atoms with E-state index in [0.29, 0.717) is 0 Å². The number of terminal acetylenes is 1. The SMILES string of the molecule is C#CC(C)(O)CC#N. The Morgan fingerprint density at radius 1 is 1.88 bits per heavy atom. The van der Waals surface area contributed by atoms with Gasteiger partial charge in [0.05, 0.1) is 12.5 Å². The van der Waals surface area contributed by atoms with Gasteiger partial charge in [0.1, 0.15) is 5.60 Å². The second kappa shape index (κ2) is 2.35. The molecule has 0 fully saturated rings. The monoisotopic (exact) mass is 109 g/mol. The minimum atomic E-state index is -1.24. The largest absolute Gasteiger partial charge is 0.377 e. The van der Waals surface area contributed by atoms with Gasteiger partial charge in [0.25, 0.3) is 0 Å². The summed E-state index contributed by atoms with van der Waals surface area (Å²) >= 11 is 0. The summed E-state index contributed by atoms with van der Waals surface area (Å²) in [6.07, 6.45) is 4.83. The molecule has 0 heterocycles. The zero-order chi connectivity index (χ0) is 6.62. The molecule has 0 saturated heterocycles. The molecular formula is C6H7NO. The molecule has 0 aliphatic rings. The predicted molar refractivity (Wildman–Crippen MR) is 29.7 cm³/mol. The van der Waals surface area contributed by atoms with Crippen LogP contribution in [-0.2, 0) is 0 Å². The van der Waals surface area contributed by atoms with Crippen molar-refractivity contribution in [1.82, 2.24) is 0 Å². The average molecular weight is 109 g/mol. The first-order valence-corrected chi connectivity index (χ1v) is 2.19. The lowest BCUT2D eigenvalue weighted by Crippen LogP contribution is -2.19. The van der Waals surface area contributed by atoms with Crippen molar-refractivity contribution in [3.05, 3.63) is 0 Å². The third kappa shape index (κ3) is 2.23. The Kier molecular flexibility index (Phi) is 2.06. The van der Waals surface area contributed by atoms with E-state index in [1.54, 1.807) is 6.07 Å². The van der Waals surface area contributed by atoms with E-state index in [1.165, 1.54) is 6.92 Å². The van der Waals surface area contributed by atoms with Crippen molar-refractivity contribution in [2.24, 2.45) is 0 Å². The Hall–Kier alpha value is -0.990. The highest BCUT2D eigenvalue weighted by Crippen LogP contribution is 2.03. The molecule has 1 N–H and O–H groups in total. The average Bonchev–Trinajstić information content (AvgIpc) is 1.67. The Morgan fingerprint density at radius 3 is 2.50 bits per heavy atom. The zero-order valence-electron chi connectivity index (χ0n) is 4.68. The summed E-state index contributed by atoms with van der Waals surface area (Å²) in [6.45, 7) is 1.43. The molecular weight excluding hydrogens is 102 g/mol. The smallest absolute Gasteiger partial charge is 0.135 e. The first-order chi connectivity index (χ1) is 3.62. The Labute approximate surface area is 48.8 Å². The molecule has 0 amide bonds. The molecule has 0 aromatic carbocycles. The van der Waals surface area contributed by atoms with Crippen LogP contribution in [-0.4, -0.2) is 10.7 Å². The zero-order valence-corrected chi connectivity index (χ0v) is 4.68. The summed E-state index contributed by atoms with van der Waals surface area (Å²) in [7, 11) is 0. The second-order valence-corrected chi connectivity index (χ2v) is 1.75. The van der Waals surface area contributed by atoms with Crippen LogP contribution in [0, 0.1) is 23.7 Å². The van der Waals surface area contributed by atoms with Crippen LogP contribution in [0.25, 0.3) is 0 Å². The van der Waals surface area contributed by atoms with Gasteiger partial charge in [-0.25, -0.2) is 0 Å². The van der Waals surface area contributed by atoms with E-state index in [1.807, 2.05) is 0 Å². The van der Waals surface area contributed by atoms with Gasteiger partial charge >= 0.3 is 0 Å². The maximum atomic E-state index is 8.86. The number of nitrogens with zero attached hydrogens (tertiary/aromatic N) is 1. The van der Waals surface area contributed by atoms with Gasteiger partial charge in [-0.1, -0.05) is 5.92 Å². The standard InChI is InChI=1S/C6H7NO/c1-3-6(2,8)4-5-7/h1,8H,4H2,2H3. The summed E-state index contributed by atoms with van der Waals surface area (Å²) in [4.78, 5) is 0. The third-order valence-corrected chi connectivity index (χ3v) is 0.734. The van der Waals surface area contributed by atoms with Crippen LogP contribution in [0.4, 0.5) is 0 Å². The first-order valence-electron chi connectivity index (χ1n) is 2.19. The lowest BCUT2D eigenvalue weighted by molar-refractivity contribution is 0.128. The van der Waals surface area contributed by atoms with Gasteiger partial charge in [-0.05, 0) is 6.92 Å². The van der Waals surface area contributed by atoms with E-state index in [-0.39, 0.29) is 6.42 Å². The minimum absolute atomic E-state index is 0.0104. The summed E-state index contributed by atoms with van der Waals surface area (Å²) in [5.74, 6) is 2.08. The van der Waals surface area contributed by atoms with Crippen molar-refractivity contribution in [1.29, 1.82) is 5.26 Å². The highest BCUT2D eigenvalue weighted by molar-refractivity contribution is 5.07. The Morgan fingerprint density at radius 2 is 2.38 bits per heavy atom. The van der Waals surface area contributed by atoms with Crippen molar-refractivity contribution in [3.8, 4) is 18.4 Å². The topological polar surface area (TPSA) is 44.0 Å². The highest BCUT2D eigenvalue weighted by atomic mass is 16.3. The molecule has 0 aliphatic carbocycles. The summed E-state index contributed by atoms with van der Waals surface area (Å²) in [6, 6.07) is 1.77. The fourth-order valence-corrected chi connectivity index (χ4v) is 0.205. The molecule has 1 atom stereocenters. The van der Waals surface area contributed by atoms with Crippen LogP contribution in [0.15, 0.2) is 0 Å². The summed E-state index contributed by atoms with van der Waals surface area (Å²) in [5, 5.41) is 16.9. The van der Waals surface area contributed by atoms with Gasteiger partial charge in [0.2, 0.25) is 0 Å². The van der Waals surface area contributed by atoms with Crippen LogP contribution in [0.3, 0.4) is 0 Å². The highest BCUT2D eigenvalue weighted by Gasteiger charge is 2.14. The molecule has 0 aromatic rings. The number of rotatable bonds is 1. The van der Waals surface area contributed by atoms with Crippen molar-refractivity contribution in [2.45, 2.75) is 18.9 Å². The molecule has 42 valence electrons. The van der Waals surface area contributed by atoms with E-state index >= 15 is 0 Å². The van der Waals surface area contributed by atoms with Crippen LogP contribution >= 0.6 is 0 Å². The van der Waals surface area contributed by atoms with Crippen LogP contribution < -0.4 is 0 Å². The first kappa shape index (κ1) is 7.01. The molecule has 0 radical (unpaired) electrons. The fraction of sp³-hybridized carbons (Fsp3) is 0.500. The molecule has 0 aliphatic heterocycles. The van der Waals surface area contributed by atoms with E-state index in [0.717, 1.165) is 0 Å². The number of nitriles is 1. The third-order valence-electron chi connectivity index (χ3n) is 0.734. The van der Waals surface area contributed by atoms with Crippen LogP contribution in [0.2, 0.25) is 0 Å². The molecule has 0 spiro atoms. The number of hydrogen-bond donors (Lipinski definition) is 1. The summed E-state index contributed by atoms with van der Waals surface area (Å²) in [5.41, 5.74) is -1.24. The minimum Gasteiger partial charge on any atom is -0.377 e. The molecule has 0 aromatic heterocycles. The molecule has 0 saturated carbocycles. The van der Waals surface area contributed by atoms with Gasteiger partial charge in [-0.2, -0.15) is 5.26 Å². The molecule has 1 unspecified atom stereocenters. The van der Waals surface area contributed by atoms with Gasteiger partial charge in [0, 0.05) is 0 Å². The van der Waals surface area contributed by atoms with Gasteiger partial charge in [-0.15, -0.1) is 6.42 Å². The lowest BCUT2D eigenvalue weighted by Gasteiger charge is -2.08. The van der Waals surface area contributed by atoms with Crippen molar-refractivity contribution in [3.63, 3.8) is 0 Å². The van der Waals surface area contributed by atoms with E-state index < -0.39 is 5.60 Å². The lowest BCUT2D eigenvalue weighted by atomic mass is 10.1. The van der Waals surface area contributed by atoms with Crippen LogP contribution in [0.1, 0.15) is 13.3 Å². The predicted octanol–water partition coefficient (Wildman–Crippen LogP) is 0.284.